The Bertz CT molecular complexity index is 1100. The molecule has 0 saturated heterocycles. The Hall–Kier alpha value is -3.32. The highest BCUT2D eigenvalue weighted by molar-refractivity contribution is 9.10. The van der Waals surface area contributed by atoms with Crippen molar-refractivity contribution in [2.45, 2.75) is 26.2 Å². The van der Waals surface area contributed by atoms with Gasteiger partial charge in [0.05, 0.1) is 24.4 Å². The molecule has 0 aromatic heterocycles. The molecule has 0 aliphatic rings. The summed E-state index contributed by atoms with van der Waals surface area (Å²) in [5.74, 6) is 1.53. The smallest absolute Gasteiger partial charge is 0.277 e. The van der Waals surface area contributed by atoms with E-state index in [4.69, 9.17) is 14.2 Å². The quantitative estimate of drug-likeness (QED) is 0.173. The lowest BCUT2D eigenvalue weighted by molar-refractivity contribution is -0.123. The standard InChI is InChI=1S/C27H29BrN2O4/c1-3-4-8-15-33-25-13-11-20(16-26(25)32-2)18-29-30-27(31)19-34-24-14-12-22(17-23(24)28)21-9-6-5-7-10-21/h5-7,9-14,16-18H,3-4,8,15,19H2,1-2H3,(H,30,31)/b29-18+. The number of hydrazone groups is 1. The van der Waals surface area contributed by atoms with E-state index < -0.39 is 0 Å². The monoisotopic (exact) mass is 524 g/mol. The van der Waals surface area contributed by atoms with Crippen molar-refractivity contribution < 1.29 is 19.0 Å². The molecule has 0 radical (unpaired) electrons. The number of hydrogen-bond donors (Lipinski definition) is 1. The molecule has 6 nitrogen and oxygen atoms in total. The van der Waals surface area contributed by atoms with Crippen LogP contribution in [0, 0.1) is 0 Å². The first-order valence-corrected chi connectivity index (χ1v) is 12.0. The minimum absolute atomic E-state index is 0.158. The fourth-order valence-corrected chi connectivity index (χ4v) is 3.69. The van der Waals surface area contributed by atoms with Crippen LogP contribution < -0.4 is 19.6 Å². The average Bonchev–Trinajstić information content (AvgIpc) is 2.87. The van der Waals surface area contributed by atoms with Crippen molar-refractivity contribution in [2.24, 2.45) is 5.10 Å². The fraction of sp³-hybridized carbons (Fsp3) is 0.259. The summed E-state index contributed by atoms with van der Waals surface area (Å²) in [6.07, 6.45) is 4.83. The van der Waals surface area contributed by atoms with E-state index in [1.165, 1.54) is 0 Å². The van der Waals surface area contributed by atoms with Gasteiger partial charge in [0.25, 0.3) is 5.91 Å². The SMILES string of the molecule is CCCCCOc1ccc(/C=N/NC(=O)COc2ccc(-c3ccccc3)cc2Br)cc1OC. The van der Waals surface area contributed by atoms with Crippen LogP contribution in [0.2, 0.25) is 0 Å². The minimum atomic E-state index is -0.363. The van der Waals surface area contributed by atoms with E-state index in [2.05, 4.69) is 33.4 Å². The fourth-order valence-electron chi connectivity index (χ4n) is 3.20. The van der Waals surface area contributed by atoms with Crippen molar-refractivity contribution in [1.82, 2.24) is 5.43 Å². The topological polar surface area (TPSA) is 69.2 Å². The van der Waals surface area contributed by atoms with E-state index in [-0.39, 0.29) is 12.5 Å². The Kier molecular flexibility index (Phi) is 9.98. The van der Waals surface area contributed by atoms with E-state index in [9.17, 15) is 4.79 Å². The zero-order chi connectivity index (χ0) is 24.2. The lowest BCUT2D eigenvalue weighted by atomic mass is 10.1. The van der Waals surface area contributed by atoms with Gasteiger partial charge in [-0.3, -0.25) is 4.79 Å². The van der Waals surface area contributed by atoms with Crippen LogP contribution >= 0.6 is 15.9 Å². The van der Waals surface area contributed by atoms with Gasteiger partial charge < -0.3 is 14.2 Å². The summed E-state index contributed by atoms with van der Waals surface area (Å²) in [4.78, 5) is 12.1. The number of rotatable bonds is 12. The zero-order valence-corrected chi connectivity index (χ0v) is 21.0. The maximum atomic E-state index is 12.1. The van der Waals surface area contributed by atoms with Gasteiger partial charge in [-0.25, -0.2) is 5.43 Å². The molecule has 3 aromatic rings. The molecule has 178 valence electrons. The second-order valence-corrected chi connectivity index (χ2v) is 8.41. The summed E-state index contributed by atoms with van der Waals surface area (Å²) in [6, 6.07) is 21.3. The predicted octanol–water partition coefficient (Wildman–Crippen LogP) is 6.22. The number of unbranched alkanes of at least 4 members (excludes halogenated alkanes) is 2. The van der Waals surface area contributed by atoms with Crippen LogP contribution in [0.25, 0.3) is 11.1 Å². The number of halogens is 1. The molecule has 0 fully saturated rings. The molecule has 3 aromatic carbocycles. The Balaban J connectivity index is 1.49. The number of methoxy groups -OCH3 is 1. The van der Waals surface area contributed by atoms with Crippen LogP contribution in [-0.4, -0.2) is 32.4 Å². The first-order chi connectivity index (χ1) is 16.6. The van der Waals surface area contributed by atoms with Crippen molar-refractivity contribution in [3.8, 4) is 28.4 Å². The zero-order valence-electron chi connectivity index (χ0n) is 19.4. The molecular formula is C27H29BrN2O4. The Morgan fingerprint density at radius 2 is 1.74 bits per heavy atom. The molecule has 1 amide bonds. The van der Waals surface area contributed by atoms with Crippen molar-refractivity contribution in [2.75, 3.05) is 20.3 Å². The van der Waals surface area contributed by atoms with Crippen molar-refractivity contribution in [3.05, 3.63) is 76.8 Å². The molecule has 7 heteroatoms. The number of hydrogen-bond acceptors (Lipinski definition) is 5. The summed E-state index contributed by atoms with van der Waals surface area (Å²) in [5, 5.41) is 4.01. The molecule has 0 aliphatic heterocycles. The second kappa shape index (κ2) is 13.4. The highest BCUT2D eigenvalue weighted by atomic mass is 79.9. The normalized spacial score (nSPS) is 10.8. The molecule has 3 rings (SSSR count). The maximum Gasteiger partial charge on any atom is 0.277 e. The van der Waals surface area contributed by atoms with Crippen LogP contribution in [0.1, 0.15) is 31.7 Å². The third kappa shape index (κ3) is 7.63. The van der Waals surface area contributed by atoms with Gasteiger partial charge in [-0.2, -0.15) is 5.10 Å². The van der Waals surface area contributed by atoms with Gasteiger partial charge in [0.15, 0.2) is 18.1 Å². The van der Waals surface area contributed by atoms with Crippen molar-refractivity contribution in [1.29, 1.82) is 0 Å². The largest absolute Gasteiger partial charge is 0.493 e. The molecule has 0 aliphatic carbocycles. The second-order valence-electron chi connectivity index (χ2n) is 7.56. The molecule has 0 saturated carbocycles. The summed E-state index contributed by atoms with van der Waals surface area (Å²) in [6.45, 7) is 2.65. The number of ether oxygens (including phenoxy) is 3. The molecule has 0 atom stereocenters. The van der Waals surface area contributed by atoms with E-state index in [0.29, 0.717) is 23.9 Å². The highest BCUT2D eigenvalue weighted by Gasteiger charge is 2.08. The number of carbonyl (C=O) groups excluding carboxylic acids is 1. The van der Waals surface area contributed by atoms with Gasteiger partial charge in [0, 0.05) is 0 Å². The van der Waals surface area contributed by atoms with E-state index in [1.807, 2.05) is 66.7 Å². The summed E-state index contributed by atoms with van der Waals surface area (Å²) < 4.78 is 17.6. The molecule has 1 N–H and O–H groups in total. The number of amides is 1. The van der Waals surface area contributed by atoms with Crippen LogP contribution in [0.3, 0.4) is 0 Å². The lowest BCUT2D eigenvalue weighted by Crippen LogP contribution is -2.24. The molecule has 34 heavy (non-hydrogen) atoms. The van der Waals surface area contributed by atoms with E-state index >= 15 is 0 Å². The van der Waals surface area contributed by atoms with Crippen molar-refractivity contribution >= 4 is 28.1 Å². The third-order valence-electron chi connectivity index (χ3n) is 4.99. The van der Waals surface area contributed by atoms with Crippen LogP contribution in [0.5, 0.6) is 17.2 Å². The average molecular weight is 525 g/mol. The summed E-state index contributed by atoms with van der Waals surface area (Å²) >= 11 is 3.51. The van der Waals surface area contributed by atoms with Gasteiger partial charge in [-0.05, 0) is 69.4 Å². The predicted molar refractivity (Wildman–Crippen MR) is 139 cm³/mol. The molecule has 0 heterocycles. The number of benzene rings is 3. The number of nitrogens with zero attached hydrogens (tertiary/aromatic N) is 1. The highest BCUT2D eigenvalue weighted by Crippen LogP contribution is 2.31. The van der Waals surface area contributed by atoms with Gasteiger partial charge in [-0.1, -0.05) is 56.2 Å². The molecule has 0 spiro atoms. The van der Waals surface area contributed by atoms with Gasteiger partial charge in [0.1, 0.15) is 5.75 Å². The number of nitrogens with one attached hydrogen (secondary N) is 1. The first kappa shape index (κ1) is 25.3. The van der Waals surface area contributed by atoms with Crippen LogP contribution in [0.4, 0.5) is 0 Å². The Morgan fingerprint density at radius 3 is 2.47 bits per heavy atom. The van der Waals surface area contributed by atoms with Gasteiger partial charge in [0.2, 0.25) is 0 Å². The van der Waals surface area contributed by atoms with E-state index in [1.54, 1.807) is 13.3 Å². The summed E-state index contributed by atoms with van der Waals surface area (Å²) in [5.41, 5.74) is 5.42. The Morgan fingerprint density at radius 1 is 0.941 bits per heavy atom. The minimum Gasteiger partial charge on any atom is -0.493 e. The van der Waals surface area contributed by atoms with E-state index in [0.717, 1.165) is 40.4 Å². The van der Waals surface area contributed by atoms with Gasteiger partial charge in [-0.15, -0.1) is 0 Å². The molecule has 0 bridgehead atoms. The first-order valence-electron chi connectivity index (χ1n) is 11.2. The number of carbonyl (C=O) groups is 1. The third-order valence-corrected chi connectivity index (χ3v) is 5.61. The lowest BCUT2D eigenvalue weighted by Gasteiger charge is -2.11. The Labute approximate surface area is 209 Å². The van der Waals surface area contributed by atoms with Gasteiger partial charge >= 0.3 is 0 Å². The van der Waals surface area contributed by atoms with Crippen molar-refractivity contribution in [3.63, 3.8) is 0 Å². The summed E-state index contributed by atoms with van der Waals surface area (Å²) in [7, 11) is 1.60. The molecule has 0 unspecified atom stereocenters. The van der Waals surface area contributed by atoms with Crippen LogP contribution in [-0.2, 0) is 4.79 Å². The molecular weight excluding hydrogens is 496 g/mol. The maximum absolute atomic E-state index is 12.1. The van der Waals surface area contributed by atoms with Crippen LogP contribution in [0.15, 0.2) is 76.3 Å².